The second-order valence-corrected chi connectivity index (χ2v) is 4.50. The van der Waals surface area contributed by atoms with Gasteiger partial charge in [-0.3, -0.25) is 14.9 Å². The maximum absolute atomic E-state index is 11.9. The Bertz CT molecular complexity index is 399. The normalized spacial score (nSPS) is 22.4. The van der Waals surface area contributed by atoms with Crippen molar-refractivity contribution in [3.63, 3.8) is 0 Å². The Labute approximate surface area is 99.0 Å². The minimum atomic E-state index is -0.348. The van der Waals surface area contributed by atoms with Crippen molar-refractivity contribution in [2.45, 2.75) is 31.6 Å². The van der Waals surface area contributed by atoms with Crippen LogP contribution >= 0.6 is 0 Å². The number of hydrogen-bond donors (Lipinski definition) is 0. The van der Waals surface area contributed by atoms with Crippen LogP contribution in [0.25, 0.3) is 0 Å². The van der Waals surface area contributed by atoms with E-state index in [1.165, 1.54) is 12.5 Å². The van der Waals surface area contributed by atoms with Gasteiger partial charge in [0.05, 0.1) is 18.4 Å². The number of nitro groups is 1. The predicted octanol–water partition coefficient (Wildman–Crippen LogP) is 2.40. The van der Waals surface area contributed by atoms with E-state index in [2.05, 4.69) is 0 Å². The fourth-order valence-corrected chi connectivity index (χ4v) is 2.55. The molecule has 0 aliphatic heterocycles. The second-order valence-electron chi connectivity index (χ2n) is 4.50. The van der Waals surface area contributed by atoms with Crippen LogP contribution in [0.4, 0.5) is 0 Å². The Balaban J connectivity index is 2.20. The number of carbonyl (C=O) groups excluding carboxylic acids is 1. The van der Waals surface area contributed by atoms with Gasteiger partial charge in [0.15, 0.2) is 0 Å². The summed E-state index contributed by atoms with van der Waals surface area (Å²) in [6.45, 7) is -0.198. The first-order chi connectivity index (χ1) is 8.18. The van der Waals surface area contributed by atoms with Crippen LogP contribution in [0.15, 0.2) is 23.0 Å². The molecule has 1 saturated carbocycles. The maximum Gasteiger partial charge on any atom is 0.211 e. The molecule has 2 rings (SSSR count). The number of hydrogen-bond acceptors (Lipinski definition) is 4. The molecule has 5 heteroatoms. The Morgan fingerprint density at radius 2 is 2.35 bits per heavy atom. The molecule has 0 aromatic carbocycles. The molecule has 17 heavy (non-hydrogen) atoms. The zero-order chi connectivity index (χ0) is 12.3. The van der Waals surface area contributed by atoms with Gasteiger partial charge >= 0.3 is 0 Å². The lowest BCUT2D eigenvalue weighted by molar-refractivity contribution is -0.484. The van der Waals surface area contributed by atoms with Crippen molar-refractivity contribution >= 4 is 5.78 Å². The number of Topliss-reactive ketones (excluding diaryl/α,β-unsaturated/α-hetero) is 1. The molecule has 0 unspecified atom stereocenters. The van der Waals surface area contributed by atoms with E-state index < -0.39 is 0 Å². The molecule has 1 fully saturated rings. The summed E-state index contributed by atoms with van der Waals surface area (Å²) in [5.41, 5.74) is 0.766. The highest BCUT2D eigenvalue weighted by atomic mass is 16.6. The fraction of sp³-hybridized carbons (Fsp3) is 0.583. The van der Waals surface area contributed by atoms with Gasteiger partial charge in [-0.05, 0) is 18.9 Å². The topological polar surface area (TPSA) is 73.3 Å². The van der Waals surface area contributed by atoms with Crippen LogP contribution in [0.5, 0.6) is 0 Å². The molecule has 1 aromatic rings. The van der Waals surface area contributed by atoms with E-state index in [4.69, 9.17) is 4.42 Å². The third kappa shape index (κ3) is 2.72. The van der Waals surface area contributed by atoms with E-state index in [1.807, 2.05) is 0 Å². The summed E-state index contributed by atoms with van der Waals surface area (Å²) in [4.78, 5) is 22.2. The Hall–Kier alpha value is -1.65. The molecule has 2 atom stereocenters. The molecule has 0 saturated heterocycles. The third-order valence-corrected chi connectivity index (χ3v) is 3.40. The van der Waals surface area contributed by atoms with Crippen LogP contribution in [0.1, 0.15) is 37.2 Å². The quantitative estimate of drug-likeness (QED) is 0.595. The molecule has 5 nitrogen and oxygen atoms in total. The lowest BCUT2D eigenvalue weighted by atomic mass is 9.76. The van der Waals surface area contributed by atoms with Gasteiger partial charge in [-0.25, -0.2) is 0 Å². The number of furan rings is 1. The lowest BCUT2D eigenvalue weighted by Gasteiger charge is -2.25. The smallest absolute Gasteiger partial charge is 0.211 e. The molecule has 92 valence electrons. The molecule has 1 aliphatic carbocycles. The van der Waals surface area contributed by atoms with Gasteiger partial charge < -0.3 is 4.42 Å². The van der Waals surface area contributed by atoms with Gasteiger partial charge in [0.25, 0.3) is 0 Å². The van der Waals surface area contributed by atoms with E-state index in [9.17, 15) is 14.9 Å². The van der Waals surface area contributed by atoms with Crippen molar-refractivity contribution in [2.75, 3.05) is 6.54 Å². The highest BCUT2D eigenvalue weighted by Gasteiger charge is 2.34. The number of carbonyl (C=O) groups is 1. The third-order valence-electron chi connectivity index (χ3n) is 3.40. The summed E-state index contributed by atoms with van der Waals surface area (Å²) in [6, 6.07) is 1.72. The van der Waals surface area contributed by atoms with Gasteiger partial charge in [-0.1, -0.05) is 6.42 Å². The highest BCUT2D eigenvalue weighted by Crippen LogP contribution is 2.34. The van der Waals surface area contributed by atoms with Crippen molar-refractivity contribution in [2.24, 2.45) is 5.92 Å². The van der Waals surface area contributed by atoms with Gasteiger partial charge in [-0.15, -0.1) is 0 Å². The first kappa shape index (κ1) is 11.8. The zero-order valence-corrected chi connectivity index (χ0v) is 9.50. The summed E-state index contributed by atoms with van der Waals surface area (Å²) in [5.74, 6) is -0.396. The average molecular weight is 237 g/mol. The van der Waals surface area contributed by atoms with Crippen LogP contribution in [0.2, 0.25) is 0 Å². The van der Waals surface area contributed by atoms with Gasteiger partial charge in [-0.2, -0.15) is 0 Å². The Morgan fingerprint density at radius 1 is 1.53 bits per heavy atom. The van der Waals surface area contributed by atoms with Gasteiger partial charge in [0.2, 0.25) is 6.54 Å². The van der Waals surface area contributed by atoms with E-state index >= 15 is 0 Å². The summed E-state index contributed by atoms with van der Waals surface area (Å²) < 4.78 is 4.97. The lowest BCUT2D eigenvalue weighted by Crippen LogP contribution is -2.29. The minimum Gasteiger partial charge on any atom is -0.472 e. The summed E-state index contributed by atoms with van der Waals surface area (Å²) in [6.07, 6.45) is 6.19. The van der Waals surface area contributed by atoms with Crippen molar-refractivity contribution < 1.29 is 14.1 Å². The highest BCUT2D eigenvalue weighted by molar-refractivity contribution is 5.82. The van der Waals surface area contributed by atoms with Crippen LogP contribution in [0.3, 0.4) is 0 Å². The van der Waals surface area contributed by atoms with Crippen LogP contribution in [-0.2, 0) is 4.79 Å². The predicted molar refractivity (Wildman–Crippen MR) is 60.3 cm³/mol. The molecule has 1 aromatic heterocycles. The van der Waals surface area contributed by atoms with Crippen molar-refractivity contribution in [3.8, 4) is 0 Å². The van der Waals surface area contributed by atoms with E-state index in [0.717, 1.165) is 24.8 Å². The molecule has 0 spiro atoms. The summed E-state index contributed by atoms with van der Waals surface area (Å²) in [5, 5.41) is 10.7. The molecular formula is C12H15NO4. The van der Waals surface area contributed by atoms with Crippen molar-refractivity contribution in [3.05, 3.63) is 34.3 Å². The van der Waals surface area contributed by atoms with Crippen LogP contribution < -0.4 is 0 Å². The van der Waals surface area contributed by atoms with Crippen LogP contribution in [0, 0.1) is 16.0 Å². The molecular weight excluding hydrogens is 222 g/mol. The fourth-order valence-electron chi connectivity index (χ4n) is 2.55. The molecule has 0 N–H and O–H groups in total. The Kier molecular flexibility index (Phi) is 3.56. The van der Waals surface area contributed by atoms with Crippen molar-refractivity contribution in [1.29, 1.82) is 0 Å². The Morgan fingerprint density at radius 3 is 2.94 bits per heavy atom. The van der Waals surface area contributed by atoms with E-state index in [0.29, 0.717) is 6.42 Å². The van der Waals surface area contributed by atoms with Crippen molar-refractivity contribution in [1.82, 2.24) is 0 Å². The minimum absolute atomic E-state index is 0.157. The maximum atomic E-state index is 11.9. The summed E-state index contributed by atoms with van der Waals surface area (Å²) in [7, 11) is 0. The molecule has 1 heterocycles. The SMILES string of the molecule is O=C1CCCC[C@@H]1[C@H](C[N+](=O)[O-])c1ccoc1. The van der Waals surface area contributed by atoms with E-state index in [-0.39, 0.29) is 29.1 Å². The monoisotopic (exact) mass is 237 g/mol. The zero-order valence-electron chi connectivity index (χ0n) is 9.50. The average Bonchev–Trinajstić information content (AvgIpc) is 2.80. The standard InChI is InChI=1S/C12H15NO4/c14-12-4-2-1-3-10(12)11(7-13(15)16)9-5-6-17-8-9/h5-6,8,10-11H,1-4,7H2/t10-,11-/m1/s1. The second kappa shape index (κ2) is 5.12. The largest absolute Gasteiger partial charge is 0.472 e. The number of ketones is 1. The first-order valence-corrected chi connectivity index (χ1v) is 5.85. The molecule has 0 radical (unpaired) electrons. The number of rotatable bonds is 4. The molecule has 1 aliphatic rings. The van der Waals surface area contributed by atoms with Gasteiger partial charge in [0.1, 0.15) is 5.78 Å². The van der Waals surface area contributed by atoms with Gasteiger partial charge in [0, 0.05) is 22.8 Å². The van der Waals surface area contributed by atoms with Crippen LogP contribution in [-0.4, -0.2) is 17.3 Å². The molecule has 0 amide bonds. The molecule has 0 bridgehead atoms. The first-order valence-electron chi connectivity index (χ1n) is 5.85. The summed E-state index contributed by atoms with van der Waals surface area (Å²) >= 11 is 0. The van der Waals surface area contributed by atoms with E-state index in [1.54, 1.807) is 6.07 Å². The number of nitrogens with zero attached hydrogens (tertiary/aromatic N) is 1.